The molecule has 0 bridgehead atoms. The Hall–Kier alpha value is -1.80. The lowest BCUT2D eigenvalue weighted by atomic mass is 10.0. The minimum Gasteiger partial charge on any atom is -0.353 e. The standard InChI is InChI=1S/C17H23N7S/c1-3-22-9-7-12-13(10-22)25-16-14(12)15(18-17-19-20-21-24(16)17)23-8-5-4-6-11(23)2/h11H,3-10H2,1-2H3/t11-/m0/s1. The molecule has 0 saturated carbocycles. The summed E-state index contributed by atoms with van der Waals surface area (Å²) in [6.45, 7) is 8.88. The Labute approximate surface area is 150 Å². The van der Waals surface area contributed by atoms with E-state index >= 15 is 0 Å². The highest BCUT2D eigenvalue weighted by molar-refractivity contribution is 7.19. The summed E-state index contributed by atoms with van der Waals surface area (Å²) in [6.07, 6.45) is 4.87. The topological polar surface area (TPSA) is 62.5 Å². The van der Waals surface area contributed by atoms with Crippen molar-refractivity contribution in [2.75, 3.05) is 24.5 Å². The average molecular weight is 357 g/mol. The highest BCUT2D eigenvalue weighted by Crippen LogP contribution is 2.40. The fraction of sp³-hybridized carbons (Fsp3) is 0.647. The summed E-state index contributed by atoms with van der Waals surface area (Å²) in [4.78, 5) is 12.5. The van der Waals surface area contributed by atoms with Gasteiger partial charge in [-0.05, 0) is 55.1 Å². The molecule has 1 fully saturated rings. The van der Waals surface area contributed by atoms with Crippen LogP contribution in [0.5, 0.6) is 0 Å². The molecule has 5 rings (SSSR count). The Balaban J connectivity index is 1.76. The quantitative estimate of drug-likeness (QED) is 0.702. The number of aromatic nitrogens is 5. The molecule has 1 saturated heterocycles. The maximum absolute atomic E-state index is 4.90. The second-order valence-electron chi connectivity index (χ2n) is 7.17. The number of tetrazole rings is 1. The molecule has 25 heavy (non-hydrogen) atoms. The van der Waals surface area contributed by atoms with Gasteiger partial charge in [-0.15, -0.1) is 11.3 Å². The lowest BCUT2D eigenvalue weighted by Gasteiger charge is -2.35. The highest BCUT2D eigenvalue weighted by atomic mass is 32.1. The lowest BCUT2D eigenvalue weighted by Crippen LogP contribution is -2.38. The number of hydrogen-bond acceptors (Lipinski definition) is 7. The molecule has 132 valence electrons. The van der Waals surface area contributed by atoms with Crippen LogP contribution in [0.1, 0.15) is 43.6 Å². The van der Waals surface area contributed by atoms with Crippen LogP contribution in [0.15, 0.2) is 0 Å². The van der Waals surface area contributed by atoms with Gasteiger partial charge in [-0.2, -0.15) is 9.50 Å². The van der Waals surface area contributed by atoms with Crippen LogP contribution in [0.25, 0.3) is 16.0 Å². The highest BCUT2D eigenvalue weighted by Gasteiger charge is 2.29. The first-order valence-electron chi connectivity index (χ1n) is 9.27. The van der Waals surface area contributed by atoms with E-state index < -0.39 is 0 Å². The molecular formula is C17H23N7S. The predicted octanol–water partition coefficient (Wildman–Crippen LogP) is 2.49. The number of nitrogens with zero attached hydrogens (tertiary/aromatic N) is 7. The molecule has 0 aromatic carbocycles. The number of piperidine rings is 1. The van der Waals surface area contributed by atoms with Gasteiger partial charge in [0.2, 0.25) is 0 Å². The molecule has 3 aromatic heterocycles. The van der Waals surface area contributed by atoms with Crippen LogP contribution in [-0.2, 0) is 13.0 Å². The molecule has 0 aliphatic carbocycles. The van der Waals surface area contributed by atoms with E-state index in [1.165, 1.54) is 35.1 Å². The molecule has 0 amide bonds. The van der Waals surface area contributed by atoms with E-state index in [0.717, 1.165) is 43.2 Å². The van der Waals surface area contributed by atoms with E-state index in [9.17, 15) is 0 Å². The summed E-state index contributed by atoms with van der Waals surface area (Å²) in [5, 5.41) is 13.5. The molecule has 2 aliphatic heterocycles. The van der Waals surface area contributed by atoms with E-state index in [4.69, 9.17) is 4.98 Å². The Morgan fingerprint density at radius 2 is 2.16 bits per heavy atom. The van der Waals surface area contributed by atoms with Crippen molar-refractivity contribution in [3.05, 3.63) is 10.4 Å². The summed E-state index contributed by atoms with van der Waals surface area (Å²) in [5.41, 5.74) is 1.47. The number of rotatable bonds is 2. The summed E-state index contributed by atoms with van der Waals surface area (Å²) in [5.74, 6) is 1.72. The van der Waals surface area contributed by atoms with Crippen LogP contribution in [0, 0.1) is 0 Å². The maximum Gasteiger partial charge on any atom is 0.276 e. The van der Waals surface area contributed by atoms with Crippen LogP contribution in [0.2, 0.25) is 0 Å². The van der Waals surface area contributed by atoms with Gasteiger partial charge in [0.05, 0.1) is 5.39 Å². The third kappa shape index (κ3) is 2.34. The number of anilines is 1. The van der Waals surface area contributed by atoms with Crippen molar-refractivity contribution >= 4 is 33.1 Å². The molecule has 7 nitrogen and oxygen atoms in total. The van der Waals surface area contributed by atoms with Gasteiger partial charge in [-0.1, -0.05) is 12.0 Å². The van der Waals surface area contributed by atoms with Gasteiger partial charge in [0.15, 0.2) is 0 Å². The number of hydrogen-bond donors (Lipinski definition) is 0. The first kappa shape index (κ1) is 15.5. The summed E-state index contributed by atoms with van der Waals surface area (Å²) in [7, 11) is 0. The third-order valence-electron chi connectivity index (χ3n) is 5.71. The molecule has 1 atom stereocenters. The molecule has 3 aromatic rings. The van der Waals surface area contributed by atoms with E-state index in [0.29, 0.717) is 11.8 Å². The van der Waals surface area contributed by atoms with E-state index in [-0.39, 0.29) is 0 Å². The van der Waals surface area contributed by atoms with Crippen molar-refractivity contribution in [2.24, 2.45) is 0 Å². The second-order valence-corrected chi connectivity index (χ2v) is 8.25. The molecule has 2 aliphatic rings. The van der Waals surface area contributed by atoms with Gasteiger partial charge in [0.1, 0.15) is 10.6 Å². The zero-order chi connectivity index (χ0) is 17.0. The summed E-state index contributed by atoms with van der Waals surface area (Å²) >= 11 is 1.84. The van der Waals surface area contributed by atoms with Crippen molar-refractivity contribution < 1.29 is 0 Å². The third-order valence-corrected chi connectivity index (χ3v) is 6.91. The zero-order valence-electron chi connectivity index (χ0n) is 14.8. The van der Waals surface area contributed by atoms with Crippen LogP contribution in [0.3, 0.4) is 0 Å². The van der Waals surface area contributed by atoms with E-state index in [2.05, 4.69) is 39.2 Å². The van der Waals surface area contributed by atoms with Gasteiger partial charge >= 0.3 is 0 Å². The zero-order valence-corrected chi connectivity index (χ0v) is 15.6. The molecule has 0 unspecified atom stereocenters. The van der Waals surface area contributed by atoms with Crippen LogP contribution in [-0.4, -0.2) is 55.6 Å². The number of fused-ring (bicyclic) bond motifs is 5. The van der Waals surface area contributed by atoms with Gasteiger partial charge < -0.3 is 4.90 Å². The van der Waals surface area contributed by atoms with Gasteiger partial charge in [-0.25, -0.2) is 0 Å². The van der Waals surface area contributed by atoms with E-state index in [1.54, 1.807) is 0 Å². The smallest absolute Gasteiger partial charge is 0.276 e. The van der Waals surface area contributed by atoms with Gasteiger partial charge in [0.25, 0.3) is 5.78 Å². The predicted molar refractivity (Wildman–Crippen MR) is 99.3 cm³/mol. The maximum atomic E-state index is 4.90. The minimum absolute atomic E-state index is 0.522. The van der Waals surface area contributed by atoms with Crippen molar-refractivity contribution in [1.82, 2.24) is 29.9 Å². The number of likely N-dealkylation sites (N-methyl/N-ethyl adjacent to an activating group) is 1. The number of thiophene rings is 1. The Bertz CT molecular complexity index is 930. The lowest BCUT2D eigenvalue weighted by molar-refractivity contribution is 0.272. The van der Waals surface area contributed by atoms with E-state index in [1.807, 2.05) is 15.9 Å². The molecule has 0 N–H and O–H groups in total. The Kier molecular flexibility index (Phi) is 3.63. The molecule has 0 radical (unpaired) electrons. The van der Waals surface area contributed by atoms with Crippen molar-refractivity contribution in [3.8, 4) is 0 Å². The second kappa shape index (κ2) is 5.88. The largest absolute Gasteiger partial charge is 0.353 e. The van der Waals surface area contributed by atoms with Gasteiger partial charge in [-0.3, -0.25) is 4.90 Å². The van der Waals surface area contributed by atoms with Gasteiger partial charge in [0, 0.05) is 30.6 Å². The van der Waals surface area contributed by atoms with Crippen LogP contribution in [0.4, 0.5) is 5.82 Å². The molecule has 5 heterocycles. The normalized spacial score (nSPS) is 22.0. The van der Waals surface area contributed by atoms with Crippen molar-refractivity contribution in [2.45, 2.75) is 52.1 Å². The van der Waals surface area contributed by atoms with Crippen LogP contribution < -0.4 is 4.90 Å². The summed E-state index contributed by atoms with van der Waals surface area (Å²) in [6, 6.07) is 0.522. The fourth-order valence-electron chi connectivity index (χ4n) is 4.25. The monoisotopic (exact) mass is 357 g/mol. The fourth-order valence-corrected chi connectivity index (χ4v) is 5.58. The van der Waals surface area contributed by atoms with Crippen molar-refractivity contribution in [3.63, 3.8) is 0 Å². The Morgan fingerprint density at radius 1 is 1.24 bits per heavy atom. The Morgan fingerprint density at radius 3 is 3.00 bits per heavy atom. The first-order valence-corrected chi connectivity index (χ1v) is 10.1. The van der Waals surface area contributed by atoms with Crippen LogP contribution >= 0.6 is 11.3 Å². The first-order chi connectivity index (χ1) is 12.3. The summed E-state index contributed by atoms with van der Waals surface area (Å²) < 4.78 is 1.83. The molecule has 0 spiro atoms. The van der Waals surface area contributed by atoms with Crippen molar-refractivity contribution in [1.29, 1.82) is 0 Å². The average Bonchev–Trinajstić information content (AvgIpc) is 3.24. The molecule has 8 heteroatoms. The SMILES string of the molecule is CCN1CCc2c(sc3c2c(N2CCCC[C@@H]2C)nc2nnnn23)C1. The molecular weight excluding hydrogens is 334 g/mol. The minimum atomic E-state index is 0.522.